The summed E-state index contributed by atoms with van der Waals surface area (Å²) in [5.41, 5.74) is 2.85. The topological polar surface area (TPSA) is 79.2 Å². The summed E-state index contributed by atoms with van der Waals surface area (Å²) < 4.78 is 2.20. The van der Waals surface area contributed by atoms with Crippen molar-refractivity contribution in [3.8, 4) is 11.4 Å². The summed E-state index contributed by atoms with van der Waals surface area (Å²) in [6.45, 7) is 5.04. The molecular formula is C23H29N7O. The number of hydrogen-bond donors (Lipinski definition) is 1. The minimum atomic E-state index is 0.108. The molecule has 0 aromatic carbocycles. The minimum absolute atomic E-state index is 0.108. The van der Waals surface area contributed by atoms with E-state index in [0.717, 1.165) is 74.7 Å². The Morgan fingerprint density at radius 1 is 1.00 bits per heavy atom. The summed E-state index contributed by atoms with van der Waals surface area (Å²) in [6, 6.07) is 8.38. The number of aromatic nitrogens is 4. The zero-order chi connectivity index (χ0) is 21.0. The standard InChI is InChI=1S/C23H29N7O/c31-23(26-19-4-1-2-5-19)29-15-12-28(13-16-29)14-17-30-21(18-7-10-24-11-8-18)27-20-6-3-9-25-22(20)30/h3,6-11,19H,1-2,4-5,12-17H2,(H,26,31). The maximum absolute atomic E-state index is 12.5. The zero-order valence-corrected chi connectivity index (χ0v) is 17.8. The lowest BCUT2D eigenvalue weighted by atomic mass is 10.2. The number of urea groups is 1. The van der Waals surface area contributed by atoms with Crippen LogP contribution in [0.25, 0.3) is 22.6 Å². The molecule has 1 saturated carbocycles. The third-order valence-corrected chi connectivity index (χ3v) is 6.42. The number of fused-ring (bicyclic) bond motifs is 1. The summed E-state index contributed by atoms with van der Waals surface area (Å²) in [4.78, 5) is 30.4. The largest absolute Gasteiger partial charge is 0.335 e. The van der Waals surface area contributed by atoms with Crippen molar-refractivity contribution >= 4 is 17.2 Å². The van der Waals surface area contributed by atoms with Crippen LogP contribution in [0.5, 0.6) is 0 Å². The van der Waals surface area contributed by atoms with Crippen LogP contribution in [-0.2, 0) is 6.54 Å². The van der Waals surface area contributed by atoms with Gasteiger partial charge in [0.05, 0.1) is 0 Å². The van der Waals surface area contributed by atoms with E-state index in [1.165, 1.54) is 12.8 Å². The van der Waals surface area contributed by atoms with Crippen molar-refractivity contribution in [3.63, 3.8) is 0 Å². The Balaban J connectivity index is 1.22. The Bertz CT molecular complexity index is 1020. The SMILES string of the molecule is O=C(NC1CCCC1)N1CCN(CCn2c(-c3ccncc3)nc3cccnc32)CC1. The summed E-state index contributed by atoms with van der Waals surface area (Å²) in [6.07, 6.45) is 10.1. The number of pyridine rings is 2. The molecule has 1 aliphatic carbocycles. The second-order valence-electron chi connectivity index (χ2n) is 8.43. The van der Waals surface area contributed by atoms with Gasteiger partial charge in [-0.1, -0.05) is 12.8 Å². The Labute approximate surface area is 182 Å². The molecule has 3 aromatic heterocycles. The van der Waals surface area contributed by atoms with Crippen molar-refractivity contribution in [1.29, 1.82) is 0 Å². The molecule has 1 N–H and O–H groups in total. The maximum atomic E-state index is 12.5. The van der Waals surface area contributed by atoms with Crippen LogP contribution in [0.3, 0.4) is 0 Å². The van der Waals surface area contributed by atoms with Gasteiger partial charge < -0.3 is 14.8 Å². The number of hydrogen-bond acceptors (Lipinski definition) is 5. The normalized spacial score (nSPS) is 18.0. The van der Waals surface area contributed by atoms with Crippen molar-refractivity contribution < 1.29 is 4.79 Å². The second kappa shape index (κ2) is 9.01. The van der Waals surface area contributed by atoms with E-state index < -0.39 is 0 Å². The zero-order valence-electron chi connectivity index (χ0n) is 17.8. The average molecular weight is 420 g/mol. The van der Waals surface area contributed by atoms with E-state index in [4.69, 9.17) is 4.98 Å². The maximum Gasteiger partial charge on any atom is 0.317 e. The van der Waals surface area contributed by atoms with Gasteiger partial charge in [0.15, 0.2) is 5.65 Å². The van der Waals surface area contributed by atoms with Crippen LogP contribution in [0.1, 0.15) is 25.7 Å². The first-order chi connectivity index (χ1) is 15.3. The number of nitrogens with one attached hydrogen (secondary N) is 1. The van der Waals surface area contributed by atoms with E-state index in [1.807, 2.05) is 35.4 Å². The highest BCUT2D eigenvalue weighted by atomic mass is 16.2. The second-order valence-corrected chi connectivity index (χ2v) is 8.43. The van der Waals surface area contributed by atoms with Crippen LogP contribution >= 0.6 is 0 Å². The molecule has 2 fully saturated rings. The molecule has 0 radical (unpaired) electrons. The highest BCUT2D eigenvalue weighted by Crippen LogP contribution is 2.23. The molecule has 1 saturated heterocycles. The monoisotopic (exact) mass is 419 g/mol. The van der Waals surface area contributed by atoms with Gasteiger partial charge in [0.25, 0.3) is 0 Å². The molecule has 0 unspecified atom stereocenters. The third kappa shape index (κ3) is 4.39. The van der Waals surface area contributed by atoms with Crippen molar-refractivity contribution in [3.05, 3.63) is 42.9 Å². The van der Waals surface area contributed by atoms with E-state index >= 15 is 0 Å². The first-order valence-corrected chi connectivity index (χ1v) is 11.3. The summed E-state index contributed by atoms with van der Waals surface area (Å²) in [7, 11) is 0. The van der Waals surface area contributed by atoms with Gasteiger partial charge in [0, 0.05) is 69.5 Å². The number of piperazine rings is 1. The fourth-order valence-electron chi connectivity index (χ4n) is 4.64. The van der Waals surface area contributed by atoms with Gasteiger partial charge in [0.2, 0.25) is 0 Å². The highest BCUT2D eigenvalue weighted by molar-refractivity contribution is 5.77. The van der Waals surface area contributed by atoms with Gasteiger partial charge in [-0.3, -0.25) is 9.88 Å². The number of nitrogens with zero attached hydrogens (tertiary/aromatic N) is 6. The van der Waals surface area contributed by atoms with Gasteiger partial charge in [-0.25, -0.2) is 14.8 Å². The van der Waals surface area contributed by atoms with E-state index in [2.05, 4.69) is 24.8 Å². The van der Waals surface area contributed by atoms with E-state index in [-0.39, 0.29) is 6.03 Å². The van der Waals surface area contributed by atoms with Crippen LogP contribution in [0, 0.1) is 0 Å². The van der Waals surface area contributed by atoms with Crippen LogP contribution in [-0.4, -0.2) is 74.1 Å². The first-order valence-electron chi connectivity index (χ1n) is 11.3. The fourth-order valence-corrected chi connectivity index (χ4v) is 4.64. The number of carbonyl (C=O) groups is 1. The van der Waals surface area contributed by atoms with E-state index in [0.29, 0.717) is 6.04 Å². The van der Waals surface area contributed by atoms with Crippen LogP contribution in [0.2, 0.25) is 0 Å². The molecule has 31 heavy (non-hydrogen) atoms. The molecule has 162 valence electrons. The smallest absolute Gasteiger partial charge is 0.317 e. The van der Waals surface area contributed by atoms with E-state index in [1.54, 1.807) is 12.4 Å². The van der Waals surface area contributed by atoms with Gasteiger partial charge in [-0.15, -0.1) is 0 Å². The fraction of sp³-hybridized carbons (Fsp3) is 0.478. The minimum Gasteiger partial charge on any atom is -0.335 e. The molecule has 0 bridgehead atoms. The number of rotatable bonds is 5. The lowest BCUT2D eigenvalue weighted by Crippen LogP contribution is -2.53. The third-order valence-electron chi connectivity index (χ3n) is 6.42. The summed E-state index contributed by atoms with van der Waals surface area (Å²) in [5.74, 6) is 0.922. The quantitative estimate of drug-likeness (QED) is 0.688. The predicted molar refractivity (Wildman–Crippen MR) is 120 cm³/mol. The molecule has 0 spiro atoms. The number of amides is 2. The van der Waals surface area contributed by atoms with Gasteiger partial charge in [-0.2, -0.15) is 0 Å². The summed E-state index contributed by atoms with van der Waals surface area (Å²) in [5, 5.41) is 3.21. The van der Waals surface area contributed by atoms with Crippen LogP contribution in [0.15, 0.2) is 42.9 Å². The Morgan fingerprint density at radius 2 is 1.77 bits per heavy atom. The van der Waals surface area contributed by atoms with E-state index in [9.17, 15) is 4.79 Å². The Morgan fingerprint density at radius 3 is 2.55 bits per heavy atom. The lowest BCUT2D eigenvalue weighted by Gasteiger charge is -2.35. The van der Waals surface area contributed by atoms with Crippen LogP contribution < -0.4 is 5.32 Å². The molecule has 0 atom stereocenters. The average Bonchev–Trinajstić information content (AvgIpc) is 3.46. The Kier molecular flexibility index (Phi) is 5.80. The number of carbonyl (C=O) groups excluding carboxylic acids is 1. The molecule has 2 aliphatic rings. The molecule has 8 nitrogen and oxygen atoms in total. The summed E-state index contributed by atoms with van der Waals surface area (Å²) >= 11 is 0. The molecule has 5 rings (SSSR count). The Hall–Kier alpha value is -3.00. The van der Waals surface area contributed by atoms with Crippen molar-refractivity contribution in [2.24, 2.45) is 0 Å². The van der Waals surface area contributed by atoms with Gasteiger partial charge >= 0.3 is 6.03 Å². The molecule has 2 amide bonds. The molecule has 3 aromatic rings. The number of imidazole rings is 1. The van der Waals surface area contributed by atoms with Crippen molar-refractivity contribution in [2.45, 2.75) is 38.3 Å². The van der Waals surface area contributed by atoms with Crippen LogP contribution in [0.4, 0.5) is 4.79 Å². The van der Waals surface area contributed by atoms with Gasteiger partial charge in [0.1, 0.15) is 11.3 Å². The first kappa shape index (κ1) is 19.9. The molecule has 1 aliphatic heterocycles. The molecule has 8 heteroatoms. The van der Waals surface area contributed by atoms with Crippen molar-refractivity contribution in [1.82, 2.24) is 34.6 Å². The molecule has 4 heterocycles. The van der Waals surface area contributed by atoms with Crippen molar-refractivity contribution in [2.75, 3.05) is 32.7 Å². The van der Waals surface area contributed by atoms with Gasteiger partial charge in [-0.05, 0) is 37.1 Å². The predicted octanol–water partition coefficient (Wildman–Crippen LogP) is 2.76. The highest BCUT2D eigenvalue weighted by Gasteiger charge is 2.24. The molecular weight excluding hydrogens is 390 g/mol. The lowest BCUT2D eigenvalue weighted by molar-refractivity contribution is 0.135.